The van der Waals surface area contributed by atoms with Crippen molar-refractivity contribution in [1.82, 2.24) is 14.7 Å². The molecule has 1 aromatic carbocycles. The van der Waals surface area contributed by atoms with Crippen molar-refractivity contribution in [2.75, 3.05) is 7.05 Å². The predicted molar refractivity (Wildman–Crippen MR) is 103 cm³/mol. The van der Waals surface area contributed by atoms with Gasteiger partial charge in [0, 0.05) is 31.8 Å². The highest BCUT2D eigenvalue weighted by Gasteiger charge is 2.13. The lowest BCUT2D eigenvalue weighted by Gasteiger charge is -2.15. The van der Waals surface area contributed by atoms with Gasteiger partial charge in [-0.05, 0) is 36.6 Å². The Kier molecular flexibility index (Phi) is 6.59. The molecule has 0 bridgehead atoms. The molecule has 5 nitrogen and oxygen atoms in total. The van der Waals surface area contributed by atoms with Gasteiger partial charge in [0.2, 0.25) is 5.91 Å². The Bertz CT molecular complexity index is 861. The molecule has 1 aromatic heterocycles. The largest absolute Gasteiger partial charge is 0.338 e. The van der Waals surface area contributed by atoms with E-state index >= 15 is 0 Å². The fourth-order valence-electron chi connectivity index (χ4n) is 2.60. The Hall–Kier alpha value is -2.58. The van der Waals surface area contributed by atoms with Crippen molar-refractivity contribution >= 4 is 23.6 Å². The van der Waals surface area contributed by atoms with Crippen molar-refractivity contribution in [3.63, 3.8) is 0 Å². The zero-order valence-corrected chi connectivity index (χ0v) is 16.3. The maximum atomic E-state index is 12.4. The number of benzene rings is 1. The third-order valence-corrected chi connectivity index (χ3v) is 4.29. The minimum Gasteiger partial charge on any atom is -0.338 e. The van der Waals surface area contributed by atoms with Crippen LogP contribution in [0.4, 0.5) is 0 Å². The summed E-state index contributed by atoms with van der Waals surface area (Å²) in [4.78, 5) is 14.0. The minimum absolute atomic E-state index is 0.139. The first-order valence-corrected chi connectivity index (χ1v) is 8.84. The van der Waals surface area contributed by atoms with E-state index in [-0.39, 0.29) is 5.91 Å². The number of nitriles is 1. The van der Waals surface area contributed by atoms with Crippen LogP contribution in [0.25, 0.3) is 6.08 Å². The molecule has 2 rings (SSSR count). The van der Waals surface area contributed by atoms with Crippen LogP contribution in [0.3, 0.4) is 0 Å². The van der Waals surface area contributed by atoms with Gasteiger partial charge < -0.3 is 4.90 Å². The summed E-state index contributed by atoms with van der Waals surface area (Å²) in [7, 11) is 1.72. The third kappa shape index (κ3) is 4.96. The molecule has 2 aromatic rings. The molecular weight excluding hydrogens is 348 g/mol. The lowest BCUT2D eigenvalue weighted by Crippen LogP contribution is -2.24. The van der Waals surface area contributed by atoms with Crippen molar-refractivity contribution in [3.8, 4) is 6.07 Å². The van der Waals surface area contributed by atoms with Crippen LogP contribution in [0.15, 0.2) is 30.3 Å². The molecule has 0 radical (unpaired) electrons. The fourth-order valence-corrected chi connectivity index (χ4v) is 2.90. The Balaban J connectivity index is 2.09. The number of aryl methyl sites for hydroxylation is 1. The number of nitrogens with zero attached hydrogens (tertiary/aromatic N) is 4. The first kappa shape index (κ1) is 19.7. The molecule has 0 aliphatic carbocycles. The zero-order chi connectivity index (χ0) is 19.3. The Labute approximate surface area is 159 Å². The molecule has 1 heterocycles. The van der Waals surface area contributed by atoms with E-state index in [2.05, 4.69) is 25.0 Å². The maximum absolute atomic E-state index is 12.4. The van der Waals surface area contributed by atoms with Crippen LogP contribution in [0.5, 0.6) is 0 Å². The van der Waals surface area contributed by atoms with Crippen molar-refractivity contribution in [2.45, 2.75) is 33.9 Å². The van der Waals surface area contributed by atoms with Crippen LogP contribution in [0.1, 0.15) is 36.2 Å². The average Bonchev–Trinajstić information content (AvgIpc) is 2.85. The number of likely N-dealkylation sites (N-methyl/N-ethyl adjacent to an activating group) is 1. The second-order valence-corrected chi connectivity index (χ2v) is 7.06. The molecule has 6 heteroatoms. The summed E-state index contributed by atoms with van der Waals surface area (Å²) < 4.78 is 1.77. The van der Waals surface area contributed by atoms with E-state index in [1.807, 2.05) is 19.1 Å². The normalized spacial score (nSPS) is 11.1. The Morgan fingerprint density at radius 2 is 2.19 bits per heavy atom. The highest BCUT2D eigenvalue weighted by atomic mass is 35.5. The van der Waals surface area contributed by atoms with E-state index in [1.54, 1.807) is 34.8 Å². The van der Waals surface area contributed by atoms with E-state index in [0.717, 1.165) is 23.4 Å². The molecule has 26 heavy (non-hydrogen) atoms. The van der Waals surface area contributed by atoms with Gasteiger partial charge in [0.05, 0.1) is 17.3 Å². The number of carbonyl (C=O) groups is 1. The van der Waals surface area contributed by atoms with Gasteiger partial charge in [0.1, 0.15) is 5.15 Å². The maximum Gasteiger partial charge on any atom is 0.246 e. The molecule has 0 saturated heterocycles. The summed E-state index contributed by atoms with van der Waals surface area (Å²) in [6.07, 6.45) is 3.22. The third-order valence-electron chi connectivity index (χ3n) is 3.89. The topological polar surface area (TPSA) is 61.9 Å². The summed E-state index contributed by atoms with van der Waals surface area (Å²) in [5, 5.41) is 13.9. The first-order valence-electron chi connectivity index (χ1n) is 8.47. The fraction of sp³-hybridized carbons (Fsp3) is 0.350. The molecule has 0 saturated carbocycles. The van der Waals surface area contributed by atoms with Gasteiger partial charge in [-0.2, -0.15) is 10.4 Å². The van der Waals surface area contributed by atoms with Gasteiger partial charge in [0.25, 0.3) is 0 Å². The average molecular weight is 371 g/mol. The molecular formula is C20H23ClN4O. The predicted octanol–water partition coefficient (Wildman–Crippen LogP) is 4.04. The molecule has 0 unspecified atom stereocenters. The van der Waals surface area contributed by atoms with Crippen LogP contribution in [-0.2, 0) is 17.9 Å². The highest BCUT2D eigenvalue weighted by molar-refractivity contribution is 6.31. The molecule has 0 fully saturated rings. The molecule has 0 aliphatic heterocycles. The number of hydrogen-bond donors (Lipinski definition) is 0. The molecule has 136 valence electrons. The van der Waals surface area contributed by atoms with Crippen molar-refractivity contribution in [3.05, 3.63) is 57.9 Å². The van der Waals surface area contributed by atoms with Crippen LogP contribution < -0.4 is 0 Å². The van der Waals surface area contributed by atoms with Gasteiger partial charge >= 0.3 is 0 Å². The van der Waals surface area contributed by atoms with Crippen LogP contribution in [0, 0.1) is 24.2 Å². The molecule has 0 spiro atoms. The Morgan fingerprint density at radius 1 is 1.46 bits per heavy atom. The zero-order valence-electron chi connectivity index (χ0n) is 15.5. The number of hydrogen-bond acceptors (Lipinski definition) is 3. The van der Waals surface area contributed by atoms with Gasteiger partial charge in [0.15, 0.2) is 0 Å². The molecule has 1 amide bonds. The van der Waals surface area contributed by atoms with Crippen LogP contribution >= 0.6 is 11.6 Å². The quantitative estimate of drug-likeness (QED) is 0.721. The first-order chi connectivity index (χ1) is 12.3. The number of carbonyl (C=O) groups excluding carboxylic acids is 1. The van der Waals surface area contributed by atoms with Crippen LogP contribution in [0.2, 0.25) is 5.15 Å². The second kappa shape index (κ2) is 8.68. The van der Waals surface area contributed by atoms with E-state index in [4.69, 9.17) is 16.9 Å². The van der Waals surface area contributed by atoms with Crippen molar-refractivity contribution in [1.29, 1.82) is 5.26 Å². The summed E-state index contributed by atoms with van der Waals surface area (Å²) in [5.41, 5.74) is 3.05. The number of aromatic nitrogens is 2. The molecule has 0 aliphatic rings. The van der Waals surface area contributed by atoms with Crippen LogP contribution in [-0.4, -0.2) is 27.6 Å². The van der Waals surface area contributed by atoms with E-state index in [0.29, 0.717) is 23.2 Å². The second-order valence-electron chi connectivity index (χ2n) is 6.71. The standard InChI is InChI=1S/C20H23ClN4O/c1-14(2)12-25-20(21)18(15(3)23-25)8-9-19(26)24(4)13-17-7-5-6-16(10-17)11-22/h5-10,14H,12-13H2,1-4H3/b9-8+. The summed E-state index contributed by atoms with van der Waals surface area (Å²) in [6.45, 7) is 7.24. The van der Waals surface area contributed by atoms with Gasteiger partial charge in [-0.15, -0.1) is 0 Å². The van der Waals surface area contributed by atoms with Crippen molar-refractivity contribution < 1.29 is 4.79 Å². The lowest BCUT2D eigenvalue weighted by atomic mass is 10.1. The number of amides is 1. The monoisotopic (exact) mass is 370 g/mol. The van der Waals surface area contributed by atoms with Gasteiger partial charge in [-0.1, -0.05) is 37.6 Å². The minimum atomic E-state index is -0.139. The number of halogens is 1. The smallest absolute Gasteiger partial charge is 0.246 e. The summed E-state index contributed by atoms with van der Waals surface area (Å²) in [6, 6.07) is 9.33. The van der Waals surface area contributed by atoms with E-state index in [1.165, 1.54) is 6.08 Å². The van der Waals surface area contributed by atoms with E-state index in [9.17, 15) is 4.79 Å². The van der Waals surface area contributed by atoms with Crippen molar-refractivity contribution in [2.24, 2.45) is 5.92 Å². The van der Waals surface area contributed by atoms with Gasteiger partial charge in [-0.3, -0.25) is 9.48 Å². The summed E-state index contributed by atoms with van der Waals surface area (Å²) in [5.74, 6) is 0.292. The molecule has 0 atom stereocenters. The SMILES string of the molecule is Cc1nn(CC(C)C)c(Cl)c1/C=C/C(=O)N(C)Cc1cccc(C#N)c1. The highest BCUT2D eigenvalue weighted by Crippen LogP contribution is 2.22. The van der Waals surface area contributed by atoms with E-state index < -0.39 is 0 Å². The lowest BCUT2D eigenvalue weighted by molar-refractivity contribution is -0.125. The Morgan fingerprint density at radius 3 is 2.85 bits per heavy atom. The molecule has 0 N–H and O–H groups in total. The van der Waals surface area contributed by atoms with Gasteiger partial charge in [-0.25, -0.2) is 0 Å². The summed E-state index contributed by atoms with van der Waals surface area (Å²) >= 11 is 6.39. The number of rotatable bonds is 6.